The molecule has 2 fully saturated rings. The number of piperazine rings is 1. The third kappa shape index (κ3) is 4.84. The van der Waals surface area contributed by atoms with Crippen LogP contribution in [0.2, 0.25) is 0 Å². The van der Waals surface area contributed by atoms with E-state index in [1.165, 1.54) is 18.1 Å². The monoisotopic (exact) mass is 485 g/mol. The fourth-order valence-electron chi connectivity index (χ4n) is 4.35. The number of amides is 3. The molecular weight excluding hydrogens is 457 g/mol. The fourth-order valence-corrected chi connectivity index (χ4v) is 4.35. The Morgan fingerprint density at radius 2 is 2.00 bits per heavy atom. The van der Waals surface area contributed by atoms with Gasteiger partial charge in [0.15, 0.2) is 0 Å². The van der Waals surface area contributed by atoms with Crippen molar-refractivity contribution in [3.63, 3.8) is 0 Å². The molecule has 2 aromatic rings. The minimum absolute atomic E-state index is 0.0403. The van der Waals surface area contributed by atoms with Crippen molar-refractivity contribution in [3.05, 3.63) is 42.3 Å². The lowest BCUT2D eigenvalue weighted by molar-refractivity contribution is -0.123. The van der Waals surface area contributed by atoms with Crippen molar-refractivity contribution in [3.8, 4) is 11.1 Å². The Hall–Kier alpha value is -3.89. The fraction of sp³-hybridized carbons (Fsp3) is 0.417. The van der Waals surface area contributed by atoms with E-state index in [1.54, 1.807) is 36.2 Å². The maximum absolute atomic E-state index is 15.0. The summed E-state index contributed by atoms with van der Waals surface area (Å²) in [5, 5.41) is 0. The van der Waals surface area contributed by atoms with E-state index in [0.29, 0.717) is 36.4 Å². The molecular formula is C24H28FN5O5. The molecule has 2 aliphatic heterocycles. The molecule has 0 spiro atoms. The first kappa shape index (κ1) is 24.2. The van der Waals surface area contributed by atoms with Crippen LogP contribution in [-0.4, -0.2) is 73.4 Å². The van der Waals surface area contributed by atoms with Crippen LogP contribution in [-0.2, 0) is 14.3 Å². The molecule has 0 aliphatic carbocycles. The molecule has 2 saturated heterocycles. The average molecular weight is 486 g/mol. The summed E-state index contributed by atoms with van der Waals surface area (Å²) in [6.07, 6.45) is -0.0838. The average Bonchev–Trinajstić information content (AvgIpc) is 3.24. The summed E-state index contributed by atoms with van der Waals surface area (Å²) < 4.78 is 25.1. The molecule has 10 nitrogen and oxygen atoms in total. The lowest BCUT2D eigenvalue weighted by Crippen LogP contribution is -2.54. The maximum atomic E-state index is 15.0. The van der Waals surface area contributed by atoms with Crippen LogP contribution in [0.3, 0.4) is 0 Å². The number of carbonyl (C=O) groups is 3. The van der Waals surface area contributed by atoms with Crippen LogP contribution in [0.4, 0.5) is 25.5 Å². The molecule has 3 amide bonds. The van der Waals surface area contributed by atoms with Crippen molar-refractivity contribution in [2.24, 2.45) is 11.7 Å². The lowest BCUT2D eigenvalue weighted by Gasteiger charge is -2.39. The number of aromatic nitrogens is 1. The minimum Gasteiger partial charge on any atom is -0.453 e. The van der Waals surface area contributed by atoms with E-state index in [9.17, 15) is 14.4 Å². The number of nitrogens with two attached hydrogens (primary N) is 1. The molecule has 3 unspecified atom stereocenters. The van der Waals surface area contributed by atoms with Gasteiger partial charge in [0.05, 0.1) is 25.3 Å². The van der Waals surface area contributed by atoms with Crippen molar-refractivity contribution in [1.82, 2.24) is 9.88 Å². The molecule has 11 heteroatoms. The first-order valence-electron chi connectivity index (χ1n) is 11.3. The van der Waals surface area contributed by atoms with Gasteiger partial charge in [-0.25, -0.2) is 19.0 Å². The van der Waals surface area contributed by atoms with Gasteiger partial charge in [0, 0.05) is 43.0 Å². The molecule has 0 radical (unpaired) electrons. The number of carbonyl (C=O) groups excluding carboxylic acids is 3. The number of methoxy groups -OCH3 is 1. The molecule has 0 bridgehead atoms. The quantitative estimate of drug-likeness (QED) is 0.692. The van der Waals surface area contributed by atoms with E-state index < -0.39 is 29.8 Å². The van der Waals surface area contributed by atoms with Crippen molar-refractivity contribution in [2.75, 3.05) is 43.1 Å². The zero-order valence-electron chi connectivity index (χ0n) is 19.8. The van der Waals surface area contributed by atoms with Crippen LogP contribution in [0.1, 0.15) is 13.8 Å². The number of cyclic esters (lactones) is 1. The number of pyridine rings is 1. The highest BCUT2D eigenvalue weighted by Gasteiger charge is 2.38. The van der Waals surface area contributed by atoms with Crippen LogP contribution >= 0.6 is 0 Å². The van der Waals surface area contributed by atoms with Crippen LogP contribution in [0.5, 0.6) is 0 Å². The Labute approximate surface area is 202 Å². The SMILES string of the molecule is COC(=O)N1CCN(c2ccc(-c3ccc(N4CC(C(C)C(N)=O)OC4=O)cc3F)cn2)C(C)C1. The normalized spacial score (nSPS) is 21.0. The van der Waals surface area contributed by atoms with Gasteiger partial charge in [-0.2, -0.15) is 0 Å². The predicted octanol–water partition coefficient (Wildman–Crippen LogP) is 2.61. The van der Waals surface area contributed by atoms with Gasteiger partial charge in [0.25, 0.3) is 0 Å². The van der Waals surface area contributed by atoms with Crippen LogP contribution in [0.25, 0.3) is 11.1 Å². The van der Waals surface area contributed by atoms with Gasteiger partial charge in [0.1, 0.15) is 17.7 Å². The Bertz CT molecular complexity index is 1130. The summed E-state index contributed by atoms with van der Waals surface area (Å²) in [5.41, 5.74) is 6.56. The van der Waals surface area contributed by atoms with Gasteiger partial charge < -0.3 is 25.0 Å². The highest BCUT2D eigenvalue weighted by molar-refractivity contribution is 5.91. The van der Waals surface area contributed by atoms with Crippen LogP contribution < -0.4 is 15.5 Å². The number of benzene rings is 1. The molecule has 1 aromatic heterocycles. The number of primary amides is 1. The first-order chi connectivity index (χ1) is 16.7. The van der Waals surface area contributed by atoms with Gasteiger partial charge in [-0.15, -0.1) is 0 Å². The smallest absolute Gasteiger partial charge is 0.414 e. The summed E-state index contributed by atoms with van der Waals surface area (Å²) in [6, 6.07) is 8.11. The van der Waals surface area contributed by atoms with Crippen molar-refractivity contribution >= 4 is 29.6 Å². The van der Waals surface area contributed by atoms with E-state index >= 15 is 4.39 Å². The molecule has 2 aliphatic rings. The van der Waals surface area contributed by atoms with Gasteiger partial charge in [0.2, 0.25) is 5.91 Å². The van der Waals surface area contributed by atoms with E-state index in [0.717, 1.165) is 5.82 Å². The molecule has 3 atom stereocenters. The third-order valence-corrected chi connectivity index (χ3v) is 6.52. The molecule has 0 saturated carbocycles. The number of nitrogens with zero attached hydrogens (tertiary/aromatic N) is 4. The minimum atomic E-state index is -0.684. The predicted molar refractivity (Wildman–Crippen MR) is 126 cm³/mol. The van der Waals surface area contributed by atoms with Gasteiger partial charge in [-0.1, -0.05) is 0 Å². The molecule has 4 rings (SSSR count). The Morgan fingerprint density at radius 1 is 1.23 bits per heavy atom. The van der Waals surface area contributed by atoms with E-state index in [1.807, 2.05) is 13.0 Å². The Morgan fingerprint density at radius 3 is 2.60 bits per heavy atom. The largest absolute Gasteiger partial charge is 0.453 e. The molecule has 3 heterocycles. The first-order valence-corrected chi connectivity index (χ1v) is 11.3. The zero-order valence-corrected chi connectivity index (χ0v) is 19.8. The second-order valence-electron chi connectivity index (χ2n) is 8.75. The number of halogens is 1. The van der Waals surface area contributed by atoms with Crippen molar-refractivity contribution < 1.29 is 28.2 Å². The number of anilines is 2. The summed E-state index contributed by atoms with van der Waals surface area (Å²) in [5.74, 6) is -1.00. The third-order valence-electron chi connectivity index (χ3n) is 6.52. The molecule has 186 valence electrons. The summed E-state index contributed by atoms with van der Waals surface area (Å²) in [6.45, 7) is 5.34. The van der Waals surface area contributed by atoms with E-state index in [-0.39, 0.29) is 18.7 Å². The molecule has 2 N–H and O–H groups in total. The Balaban J connectivity index is 1.46. The van der Waals surface area contributed by atoms with Gasteiger partial charge >= 0.3 is 12.2 Å². The highest BCUT2D eigenvalue weighted by Crippen LogP contribution is 2.31. The van der Waals surface area contributed by atoms with Gasteiger partial charge in [-0.3, -0.25) is 9.69 Å². The van der Waals surface area contributed by atoms with Crippen molar-refractivity contribution in [2.45, 2.75) is 26.0 Å². The number of ether oxygens (including phenoxy) is 2. The van der Waals surface area contributed by atoms with Gasteiger partial charge in [-0.05, 0) is 44.2 Å². The summed E-state index contributed by atoms with van der Waals surface area (Å²) in [7, 11) is 1.36. The Kier molecular flexibility index (Phi) is 6.77. The second kappa shape index (κ2) is 9.77. The maximum Gasteiger partial charge on any atom is 0.414 e. The van der Waals surface area contributed by atoms with Crippen molar-refractivity contribution in [1.29, 1.82) is 0 Å². The zero-order chi connectivity index (χ0) is 25.3. The standard InChI is InChI=1S/C24H28FN5O5/c1-14-12-28(23(32)34-3)8-9-29(14)21-7-4-16(11-27-21)18-6-5-17(10-19(18)25)30-13-20(35-24(30)33)15(2)22(26)31/h4-7,10-11,14-15,20H,8-9,12-13H2,1-3H3,(H2,26,31). The summed E-state index contributed by atoms with van der Waals surface area (Å²) in [4.78, 5) is 45.0. The van der Waals surface area contributed by atoms with Crippen LogP contribution in [0, 0.1) is 11.7 Å². The highest BCUT2D eigenvalue weighted by atomic mass is 19.1. The molecule has 1 aromatic carbocycles. The summed E-state index contributed by atoms with van der Waals surface area (Å²) >= 11 is 0. The van der Waals surface area contributed by atoms with E-state index in [4.69, 9.17) is 15.2 Å². The number of rotatable bonds is 5. The molecule has 35 heavy (non-hydrogen) atoms. The lowest BCUT2D eigenvalue weighted by atomic mass is 10.0. The second-order valence-corrected chi connectivity index (χ2v) is 8.75. The van der Waals surface area contributed by atoms with Crippen LogP contribution in [0.15, 0.2) is 36.5 Å². The number of hydrogen-bond donors (Lipinski definition) is 1. The topological polar surface area (TPSA) is 118 Å². The number of hydrogen-bond acceptors (Lipinski definition) is 7. The van der Waals surface area contributed by atoms with E-state index in [2.05, 4.69) is 9.88 Å².